The average molecular weight is 235 g/mol. The quantitative estimate of drug-likeness (QED) is 0.495. The lowest BCUT2D eigenvalue weighted by molar-refractivity contribution is -0.611. The zero-order chi connectivity index (χ0) is 12.4. The van der Waals surface area contributed by atoms with Gasteiger partial charge in [0.2, 0.25) is 5.69 Å². The van der Waals surface area contributed by atoms with Gasteiger partial charge in [0.15, 0.2) is 6.20 Å². The standard InChI is InChI=1S/C16H13NO/c18-17-11-10-14-8-4-5-9-15(14)16(17)12-13-6-2-1-3-7-13/h1-11H,12H2. The molecule has 0 bridgehead atoms. The van der Waals surface area contributed by atoms with E-state index in [4.69, 9.17) is 0 Å². The minimum atomic E-state index is 0.658. The van der Waals surface area contributed by atoms with Gasteiger partial charge in [-0.15, -0.1) is 0 Å². The van der Waals surface area contributed by atoms with E-state index in [0.717, 1.165) is 26.8 Å². The van der Waals surface area contributed by atoms with Gasteiger partial charge in [0, 0.05) is 6.07 Å². The minimum Gasteiger partial charge on any atom is -0.618 e. The molecule has 0 atom stereocenters. The molecule has 18 heavy (non-hydrogen) atoms. The predicted octanol–water partition coefficient (Wildman–Crippen LogP) is 3.06. The van der Waals surface area contributed by atoms with Gasteiger partial charge < -0.3 is 5.21 Å². The monoisotopic (exact) mass is 235 g/mol. The molecule has 1 heterocycles. The Morgan fingerprint density at radius 2 is 1.56 bits per heavy atom. The lowest BCUT2D eigenvalue weighted by Crippen LogP contribution is -2.31. The molecule has 0 amide bonds. The largest absolute Gasteiger partial charge is 0.618 e. The third-order valence-corrected chi connectivity index (χ3v) is 3.14. The van der Waals surface area contributed by atoms with Gasteiger partial charge in [-0.05, 0) is 17.0 Å². The first kappa shape index (κ1) is 10.8. The molecular weight excluding hydrogens is 222 g/mol. The maximum absolute atomic E-state index is 12.0. The van der Waals surface area contributed by atoms with Crippen molar-refractivity contribution < 1.29 is 4.73 Å². The Morgan fingerprint density at radius 1 is 0.833 bits per heavy atom. The molecule has 3 rings (SSSR count). The highest BCUT2D eigenvalue weighted by Crippen LogP contribution is 2.17. The summed E-state index contributed by atoms with van der Waals surface area (Å²) in [6, 6.07) is 19.9. The first-order valence-corrected chi connectivity index (χ1v) is 5.98. The summed E-state index contributed by atoms with van der Waals surface area (Å²) >= 11 is 0. The second kappa shape index (κ2) is 4.49. The molecule has 88 valence electrons. The zero-order valence-corrected chi connectivity index (χ0v) is 9.91. The molecule has 0 saturated heterocycles. The molecule has 0 aliphatic carbocycles. The van der Waals surface area contributed by atoms with Crippen molar-refractivity contribution in [1.29, 1.82) is 0 Å². The molecule has 0 saturated carbocycles. The van der Waals surface area contributed by atoms with Crippen LogP contribution in [0, 0.1) is 5.21 Å². The summed E-state index contributed by atoms with van der Waals surface area (Å²) in [4.78, 5) is 0. The van der Waals surface area contributed by atoms with E-state index in [9.17, 15) is 5.21 Å². The molecule has 0 unspecified atom stereocenters. The maximum atomic E-state index is 12.0. The van der Waals surface area contributed by atoms with Crippen LogP contribution in [0.1, 0.15) is 11.3 Å². The summed E-state index contributed by atoms with van der Waals surface area (Å²) in [6.45, 7) is 0. The summed E-state index contributed by atoms with van der Waals surface area (Å²) in [5, 5.41) is 14.1. The summed E-state index contributed by atoms with van der Waals surface area (Å²) in [7, 11) is 0. The van der Waals surface area contributed by atoms with Crippen LogP contribution < -0.4 is 4.73 Å². The SMILES string of the molecule is [O-][n+]1ccc2ccccc2c1Cc1ccccc1. The van der Waals surface area contributed by atoms with Crippen molar-refractivity contribution in [1.82, 2.24) is 0 Å². The van der Waals surface area contributed by atoms with E-state index >= 15 is 0 Å². The van der Waals surface area contributed by atoms with Gasteiger partial charge >= 0.3 is 0 Å². The number of nitrogens with zero attached hydrogens (tertiary/aromatic N) is 1. The molecule has 0 radical (unpaired) electrons. The second-order valence-corrected chi connectivity index (χ2v) is 4.34. The van der Waals surface area contributed by atoms with Crippen molar-refractivity contribution in [3.05, 3.63) is 83.3 Å². The Bertz CT molecular complexity index is 677. The van der Waals surface area contributed by atoms with Gasteiger partial charge in [-0.2, -0.15) is 4.73 Å². The van der Waals surface area contributed by atoms with Gasteiger partial charge in [0.25, 0.3) is 0 Å². The summed E-state index contributed by atoms with van der Waals surface area (Å²) < 4.78 is 0.968. The smallest absolute Gasteiger partial charge is 0.204 e. The lowest BCUT2D eigenvalue weighted by Gasteiger charge is -2.07. The number of rotatable bonds is 2. The topological polar surface area (TPSA) is 26.9 Å². The van der Waals surface area contributed by atoms with Gasteiger partial charge in [0.1, 0.15) is 0 Å². The molecule has 2 aromatic carbocycles. The third kappa shape index (κ3) is 1.93. The van der Waals surface area contributed by atoms with Crippen LogP contribution in [-0.2, 0) is 6.42 Å². The van der Waals surface area contributed by atoms with E-state index in [1.165, 1.54) is 0 Å². The van der Waals surface area contributed by atoms with E-state index in [-0.39, 0.29) is 0 Å². The van der Waals surface area contributed by atoms with E-state index in [1.54, 1.807) is 6.20 Å². The van der Waals surface area contributed by atoms with Gasteiger partial charge in [0.05, 0.1) is 11.8 Å². The van der Waals surface area contributed by atoms with Crippen LogP contribution in [0.5, 0.6) is 0 Å². The van der Waals surface area contributed by atoms with Crippen LogP contribution in [0.4, 0.5) is 0 Å². The molecule has 0 N–H and O–H groups in total. The van der Waals surface area contributed by atoms with Crippen LogP contribution in [0.25, 0.3) is 10.8 Å². The fourth-order valence-electron chi connectivity index (χ4n) is 2.22. The highest BCUT2D eigenvalue weighted by atomic mass is 16.5. The normalized spacial score (nSPS) is 10.7. The van der Waals surface area contributed by atoms with E-state index in [2.05, 4.69) is 0 Å². The number of fused-ring (bicyclic) bond motifs is 1. The van der Waals surface area contributed by atoms with Crippen LogP contribution >= 0.6 is 0 Å². The van der Waals surface area contributed by atoms with Crippen molar-refractivity contribution in [2.24, 2.45) is 0 Å². The van der Waals surface area contributed by atoms with Crippen LogP contribution in [0.3, 0.4) is 0 Å². The van der Waals surface area contributed by atoms with Crippen LogP contribution in [0.2, 0.25) is 0 Å². The number of hydrogen-bond donors (Lipinski definition) is 0. The first-order chi connectivity index (χ1) is 8.84. The second-order valence-electron chi connectivity index (χ2n) is 4.34. The Labute approximate surface area is 106 Å². The molecular formula is C16H13NO. The summed E-state index contributed by atoms with van der Waals surface area (Å²) in [5.41, 5.74) is 1.96. The summed E-state index contributed by atoms with van der Waals surface area (Å²) in [6.07, 6.45) is 2.24. The van der Waals surface area contributed by atoms with Crippen molar-refractivity contribution in [2.75, 3.05) is 0 Å². The molecule has 2 nitrogen and oxygen atoms in total. The first-order valence-electron chi connectivity index (χ1n) is 5.98. The van der Waals surface area contributed by atoms with Gasteiger partial charge in [-0.3, -0.25) is 0 Å². The van der Waals surface area contributed by atoms with E-state index < -0.39 is 0 Å². The molecule has 2 heteroatoms. The summed E-state index contributed by atoms with van der Waals surface area (Å²) in [5.74, 6) is 0. The fourth-order valence-corrected chi connectivity index (χ4v) is 2.22. The maximum Gasteiger partial charge on any atom is 0.204 e. The molecule has 0 fully saturated rings. The zero-order valence-electron chi connectivity index (χ0n) is 9.91. The van der Waals surface area contributed by atoms with Crippen LogP contribution in [-0.4, -0.2) is 0 Å². The van der Waals surface area contributed by atoms with Crippen molar-refractivity contribution >= 4 is 10.8 Å². The molecule has 0 spiro atoms. The van der Waals surface area contributed by atoms with Gasteiger partial charge in [-0.1, -0.05) is 48.5 Å². The highest BCUT2D eigenvalue weighted by Gasteiger charge is 2.11. The van der Waals surface area contributed by atoms with E-state index in [0.29, 0.717) is 6.42 Å². The highest BCUT2D eigenvalue weighted by molar-refractivity contribution is 5.83. The number of pyridine rings is 1. The molecule has 0 aliphatic rings. The predicted molar refractivity (Wildman–Crippen MR) is 72.2 cm³/mol. The molecule has 0 aliphatic heterocycles. The third-order valence-electron chi connectivity index (χ3n) is 3.14. The molecule has 1 aromatic heterocycles. The fraction of sp³-hybridized carbons (Fsp3) is 0.0625. The molecule has 3 aromatic rings. The number of benzene rings is 2. The van der Waals surface area contributed by atoms with Crippen molar-refractivity contribution in [3.63, 3.8) is 0 Å². The Balaban J connectivity index is 2.13. The number of aromatic nitrogens is 1. The van der Waals surface area contributed by atoms with Gasteiger partial charge in [-0.25, -0.2) is 0 Å². The Morgan fingerprint density at radius 3 is 2.39 bits per heavy atom. The van der Waals surface area contributed by atoms with E-state index in [1.807, 2.05) is 60.7 Å². The van der Waals surface area contributed by atoms with Crippen LogP contribution in [0.15, 0.2) is 66.9 Å². The Hall–Kier alpha value is -2.35. The van der Waals surface area contributed by atoms with Crippen molar-refractivity contribution in [2.45, 2.75) is 6.42 Å². The van der Waals surface area contributed by atoms with Crippen molar-refractivity contribution in [3.8, 4) is 0 Å². The minimum absolute atomic E-state index is 0.658. The average Bonchev–Trinajstić information content (AvgIpc) is 2.43. The number of hydrogen-bond acceptors (Lipinski definition) is 1. The Kier molecular flexibility index (Phi) is 2.69. The lowest BCUT2D eigenvalue weighted by atomic mass is 10.0.